The molecule has 0 fully saturated rings. The van der Waals surface area contributed by atoms with Crippen molar-refractivity contribution in [3.63, 3.8) is 0 Å². The van der Waals surface area contributed by atoms with Crippen LogP contribution in [0.5, 0.6) is 0 Å². The molecule has 2 aromatic heterocycles. The average molecular weight is 474 g/mol. The van der Waals surface area contributed by atoms with E-state index in [2.05, 4.69) is 9.97 Å². The molecule has 0 saturated heterocycles. The number of nitrogen functional groups attached to an aromatic ring is 1. The van der Waals surface area contributed by atoms with E-state index in [4.69, 9.17) is 10.5 Å². The minimum atomic E-state index is -4.50. The van der Waals surface area contributed by atoms with Crippen LogP contribution in [0.2, 0.25) is 0 Å². The molecule has 1 aromatic carbocycles. The molecule has 34 heavy (non-hydrogen) atoms. The van der Waals surface area contributed by atoms with Gasteiger partial charge in [-0.1, -0.05) is 0 Å². The number of rotatable bonds is 5. The topological polar surface area (TPSA) is 102 Å². The van der Waals surface area contributed by atoms with E-state index in [1.165, 1.54) is 11.0 Å². The number of hydrogen-bond acceptors (Lipinski definition) is 6. The average Bonchev–Trinajstić information content (AvgIpc) is 3.18. The summed E-state index contributed by atoms with van der Waals surface area (Å²) >= 11 is 0. The molecule has 7 nitrogen and oxygen atoms in total. The van der Waals surface area contributed by atoms with E-state index in [1.54, 1.807) is 32.0 Å². The Kier molecular flexibility index (Phi) is 6.22. The highest BCUT2D eigenvalue weighted by atomic mass is 19.4. The molecule has 0 aliphatic carbocycles. The summed E-state index contributed by atoms with van der Waals surface area (Å²) in [7, 11) is 0. The molecular formula is C24H25F3N4O3. The summed E-state index contributed by atoms with van der Waals surface area (Å²) in [5.74, 6) is -0.00107. The minimum Gasteiger partial charge on any atom is -0.391 e. The fourth-order valence-electron chi connectivity index (χ4n) is 4.09. The number of fused-ring (bicyclic) bond motifs is 3. The predicted octanol–water partition coefficient (Wildman–Crippen LogP) is 4.23. The molecule has 0 unspecified atom stereocenters. The summed E-state index contributed by atoms with van der Waals surface area (Å²) in [6, 6.07) is 6.57. The van der Waals surface area contributed by atoms with Gasteiger partial charge >= 0.3 is 6.18 Å². The van der Waals surface area contributed by atoms with Crippen LogP contribution in [0.1, 0.15) is 59.6 Å². The molecule has 3 N–H and O–H groups in total. The zero-order valence-electron chi connectivity index (χ0n) is 18.9. The van der Waals surface area contributed by atoms with E-state index in [-0.39, 0.29) is 18.3 Å². The number of hydrogen-bond donors (Lipinski definition) is 2. The van der Waals surface area contributed by atoms with E-state index in [1.807, 2.05) is 6.92 Å². The van der Waals surface area contributed by atoms with Gasteiger partial charge in [-0.3, -0.25) is 9.78 Å². The fourth-order valence-corrected chi connectivity index (χ4v) is 4.09. The Morgan fingerprint density at radius 3 is 2.65 bits per heavy atom. The van der Waals surface area contributed by atoms with Crippen molar-refractivity contribution in [3.8, 4) is 0 Å². The first-order chi connectivity index (χ1) is 16.0. The quantitative estimate of drug-likeness (QED) is 0.574. The van der Waals surface area contributed by atoms with Crippen molar-refractivity contribution in [1.82, 2.24) is 14.9 Å². The third-order valence-corrected chi connectivity index (χ3v) is 6.23. The van der Waals surface area contributed by atoms with Crippen LogP contribution in [-0.4, -0.2) is 38.0 Å². The number of aromatic nitrogens is 2. The molecule has 180 valence electrons. The number of alkyl halides is 3. The van der Waals surface area contributed by atoms with Crippen molar-refractivity contribution in [1.29, 1.82) is 0 Å². The van der Waals surface area contributed by atoms with Crippen molar-refractivity contribution in [2.75, 3.05) is 5.73 Å². The molecule has 1 aliphatic rings. The number of nitrogens with two attached hydrogens (primary N) is 1. The summed E-state index contributed by atoms with van der Waals surface area (Å²) in [5.41, 5.74) is 8.16. The third-order valence-electron chi connectivity index (χ3n) is 6.23. The Hall–Kier alpha value is -3.24. The van der Waals surface area contributed by atoms with Crippen molar-refractivity contribution in [2.24, 2.45) is 0 Å². The molecular weight excluding hydrogens is 449 g/mol. The van der Waals surface area contributed by atoms with Crippen LogP contribution < -0.4 is 5.73 Å². The molecule has 3 atom stereocenters. The minimum absolute atomic E-state index is 0.0701. The zero-order valence-corrected chi connectivity index (χ0v) is 18.9. The van der Waals surface area contributed by atoms with Gasteiger partial charge in [-0.25, -0.2) is 4.98 Å². The van der Waals surface area contributed by atoms with Gasteiger partial charge in [-0.2, -0.15) is 13.2 Å². The number of aliphatic hydroxyl groups is 1. The number of carbonyl (C=O) groups is 1. The molecule has 0 bridgehead atoms. The van der Waals surface area contributed by atoms with E-state index >= 15 is 0 Å². The fraction of sp³-hybridized carbons (Fsp3) is 0.375. The van der Waals surface area contributed by atoms with Crippen molar-refractivity contribution in [2.45, 2.75) is 58.3 Å². The van der Waals surface area contributed by atoms with Crippen molar-refractivity contribution < 1.29 is 27.8 Å². The molecule has 3 heterocycles. The maximum absolute atomic E-state index is 13.5. The first-order valence-corrected chi connectivity index (χ1v) is 10.8. The lowest BCUT2D eigenvalue weighted by molar-refractivity contribution is -0.137. The number of anilines is 1. The van der Waals surface area contributed by atoms with Crippen LogP contribution in [0.4, 0.5) is 19.0 Å². The number of carbonyl (C=O) groups excluding carboxylic acids is 1. The molecule has 1 amide bonds. The number of nitrogens with zero attached hydrogens (tertiary/aromatic N) is 3. The van der Waals surface area contributed by atoms with E-state index in [9.17, 15) is 23.1 Å². The number of aliphatic hydroxyl groups excluding tert-OH is 1. The molecule has 0 spiro atoms. The predicted molar refractivity (Wildman–Crippen MR) is 120 cm³/mol. The van der Waals surface area contributed by atoms with Crippen LogP contribution in [0.25, 0.3) is 10.9 Å². The summed E-state index contributed by atoms with van der Waals surface area (Å²) in [4.78, 5) is 23.2. The van der Waals surface area contributed by atoms with Gasteiger partial charge in [0.25, 0.3) is 5.91 Å². The summed E-state index contributed by atoms with van der Waals surface area (Å²) in [5, 5.41) is 10.9. The molecule has 0 radical (unpaired) electrons. The molecule has 10 heteroatoms. The molecule has 3 aromatic rings. The van der Waals surface area contributed by atoms with Gasteiger partial charge < -0.3 is 20.5 Å². The van der Waals surface area contributed by atoms with Crippen LogP contribution >= 0.6 is 0 Å². The number of amides is 1. The van der Waals surface area contributed by atoms with Crippen molar-refractivity contribution in [3.05, 3.63) is 64.5 Å². The normalized spacial score (nSPS) is 17.4. The second kappa shape index (κ2) is 8.84. The summed E-state index contributed by atoms with van der Waals surface area (Å²) in [6.07, 6.45) is -4.85. The van der Waals surface area contributed by atoms with Gasteiger partial charge in [0.1, 0.15) is 5.82 Å². The number of benzene rings is 1. The Bertz CT molecular complexity index is 1230. The highest BCUT2D eigenvalue weighted by Gasteiger charge is 2.32. The van der Waals surface area contributed by atoms with Crippen LogP contribution in [0.15, 0.2) is 36.5 Å². The SMILES string of the molecule is C[C@H](O)[C@H](C)N(Cc1ccc(C(F)(F)F)cn1)C(=O)c1ccc2nc(N)c3c(c2c1)CO[C@@H]3C. The Morgan fingerprint density at radius 2 is 2.03 bits per heavy atom. The second-order valence-electron chi connectivity index (χ2n) is 8.52. The first-order valence-electron chi connectivity index (χ1n) is 10.8. The van der Waals surface area contributed by atoms with Gasteiger partial charge in [0.15, 0.2) is 0 Å². The highest BCUT2D eigenvalue weighted by molar-refractivity contribution is 5.99. The number of ether oxygens (including phenoxy) is 1. The summed E-state index contributed by atoms with van der Waals surface area (Å²) < 4.78 is 44.3. The van der Waals surface area contributed by atoms with Gasteiger partial charge in [0.2, 0.25) is 0 Å². The Labute approximate surface area is 194 Å². The zero-order chi connectivity index (χ0) is 24.8. The molecule has 4 rings (SSSR count). The highest BCUT2D eigenvalue weighted by Crippen LogP contribution is 2.38. The maximum atomic E-state index is 13.5. The second-order valence-corrected chi connectivity index (χ2v) is 8.52. The Balaban J connectivity index is 1.70. The lowest BCUT2D eigenvalue weighted by atomic mass is 9.99. The standard InChI is InChI=1S/C24H25F3N4O3/c1-12(13(2)32)31(10-17-6-5-16(9-29-17)24(25,26)27)23(33)15-4-7-20-18(8-15)19-11-34-14(3)21(19)22(28)30-20/h4-9,12-14,32H,10-11H2,1-3H3,(H2,28,30)/t12-,13-,14+/m0/s1. The Morgan fingerprint density at radius 1 is 1.29 bits per heavy atom. The van der Waals surface area contributed by atoms with E-state index in [0.29, 0.717) is 23.5 Å². The van der Waals surface area contributed by atoms with Crippen LogP contribution in [0, 0.1) is 0 Å². The van der Waals surface area contributed by atoms with Crippen molar-refractivity contribution >= 4 is 22.6 Å². The monoisotopic (exact) mass is 474 g/mol. The van der Waals surface area contributed by atoms with Crippen LogP contribution in [-0.2, 0) is 24.1 Å². The maximum Gasteiger partial charge on any atom is 0.417 e. The lowest BCUT2D eigenvalue weighted by Crippen LogP contribution is -2.44. The van der Waals surface area contributed by atoms with Gasteiger partial charge in [-0.05, 0) is 56.7 Å². The molecule has 1 aliphatic heterocycles. The number of halogens is 3. The van der Waals surface area contributed by atoms with Gasteiger partial charge in [0, 0.05) is 22.7 Å². The number of pyridine rings is 2. The van der Waals surface area contributed by atoms with E-state index < -0.39 is 29.8 Å². The molecule has 0 saturated carbocycles. The largest absolute Gasteiger partial charge is 0.417 e. The third kappa shape index (κ3) is 4.43. The smallest absolute Gasteiger partial charge is 0.391 e. The van der Waals surface area contributed by atoms with E-state index in [0.717, 1.165) is 28.8 Å². The summed E-state index contributed by atoms with van der Waals surface area (Å²) in [6.45, 7) is 5.38. The van der Waals surface area contributed by atoms with Crippen LogP contribution in [0.3, 0.4) is 0 Å². The first kappa shape index (κ1) is 23.9. The van der Waals surface area contributed by atoms with Gasteiger partial charge in [-0.15, -0.1) is 0 Å². The van der Waals surface area contributed by atoms with Gasteiger partial charge in [0.05, 0.1) is 48.2 Å². The lowest BCUT2D eigenvalue weighted by Gasteiger charge is -2.31.